The second-order valence-electron chi connectivity index (χ2n) is 8.11. The second-order valence-corrected chi connectivity index (χ2v) is 9.03. The van der Waals surface area contributed by atoms with E-state index in [9.17, 15) is 9.59 Å². The highest BCUT2D eigenvalue weighted by Crippen LogP contribution is 2.23. The Morgan fingerprint density at radius 1 is 1.03 bits per heavy atom. The Bertz CT molecular complexity index is 860. The van der Waals surface area contributed by atoms with Gasteiger partial charge in [-0.05, 0) is 62.6 Å². The van der Waals surface area contributed by atoms with Crippen LogP contribution in [0.15, 0.2) is 53.0 Å². The normalized spacial score (nSPS) is 16.4. The van der Waals surface area contributed by atoms with Crippen molar-refractivity contribution in [3.63, 3.8) is 0 Å². The standard InChI is InChI=1S/C22H26BrN3O3/c1-22(2,3)29-21(28)26-13-12-17(14-26)20(27)25-24-19-10-6-16(7-11-19)15-4-8-18(23)9-5-15/h4-11,17,24H,12-14H2,1-3H3,(H,25,27). The molecular formula is C22H26BrN3O3. The van der Waals surface area contributed by atoms with Crippen LogP contribution in [0.5, 0.6) is 0 Å². The van der Waals surface area contributed by atoms with E-state index in [1.807, 2.05) is 69.3 Å². The third-order valence-corrected chi connectivity index (χ3v) is 5.13. The van der Waals surface area contributed by atoms with Gasteiger partial charge < -0.3 is 9.64 Å². The molecule has 0 radical (unpaired) electrons. The summed E-state index contributed by atoms with van der Waals surface area (Å²) >= 11 is 3.44. The van der Waals surface area contributed by atoms with Crippen LogP contribution in [0.4, 0.5) is 10.5 Å². The molecule has 29 heavy (non-hydrogen) atoms. The molecule has 0 spiro atoms. The fraction of sp³-hybridized carbons (Fsp3) is 0.364. The molecule has 1 fully saturated rings. The predicted molar refractivity (Wildman–Crippen MR) is 117 cm³/mol. The number of nitrogens with zero attached hydrogens (tertiary/aromatic N) is 1. The van der Waals surface area contributed by atoms with Crippen molar-refractivity contribution in [1.82, 2.24) is 10.3 Å². The highest BCUT2D eigenvalue weighted by atomic mass is 79.9. The molecule has 2 aromatic carbocycles. The van der Waals surface area contributed by atoms with Gasteiger partial charge in [-0.15, -0.1) is 0 Å². The van der Waals surface area contributed by atoms with E-state index in [4.69, 9.17) is 4.74 Å². The Balaban J connectivity index is 1.49. The number of hydrogen-bond donors (Lipinski definition) is 2. The number of halogens is 1. The SMILES string of the molecule is CC(C)(C)OC(=O)N1CCC(C(=O)NNc2ccc(-c3ccc(Br)cc3)cc2)C1. The number of nitrogens with one attached hydrogen (secondary N) is 2. The number of hydrazine groups is 1. The molecule has 7 heteroatoms. The summed E-state index contributed by atoms with van der Waals surface area (Å²) in [6, 6.07) is 15.9. The van der Waals surface area contributed by atoms with Crippen LogP contribution in [0, 0.1) is 5.92 Å². The number of rotatable bonds is 4. The molecule has 1 aliphatic heterocycles. The van der Waals surface area contributed by atoms with Crippen LogP contribution < -0.4 is 10.9 Å². The van der Waals surface area contributed by atoms with E-state index in [1.165, 1.54) is 0 Å². The Kier molecular flexibility index (Phi) is 6.47. The predicted octanol–water partition coefficient (Wildman–Crippen LogP) is 4.82. The number of anilines is 1. The maximum Gasteiger partial charge on any atom is 0.410 e. The van der Waals surface area contributed by atoms with Gasteiger partial charge in [-0.1, -0.05) is 40.2 Å². The highest BCUT2D eigenvalue weighted by Gasteiger charge is 2.33. The fourth-order valence-electron chi connectivity index (χ4n) is 3.09. The smallest absolute Gasteiger partial charge is 0.410 e. The Hall–Kier alpha value is -2.54. The van der Waals surface area contributed by atoms with Crippen molar-refractivity contribution in [2.24, 2.45) is 5.92 Å². The Morgan fingerprint density at radius 3 is 2.21 bits per heavy atom. The zero-order valence-electron chi connectivity index (χ0n) is 16.9. The molecule has 1 aliphatic rings. The Labute approximate surface area is 179 Å². The molecule has 2 amide bonds. The van der Waals surface area contributed by atoms with Gasteiger partial charge in [-0.3, -0.25) is 15.6 Å². The monoisotopic (exact) mass is 459 g/mol. The lowest BCUT2D eigenvalue weighted by Crippen LogP contribution is -2.39. The molecule has 1 atom stereocenters. The number of likely N-dealkylation sites (tertiary alicyclic amines) is 1. The first kappa shape index (κ1) is 21.2. The number of ether oxygens (including phenoxy) is 1. The fourth-order valence-corrected chi connectivity index (χ4v) is 3.36. The molecule has 0 bridgehead atoms. The van der Waals surface area contributed by atoms with Crippen molar-refractivity contribution in [2.75, 3.05) is 18.5 Å². The molecule has 0 aromatic heterocycles. The quantitative estimate of drug-likeness (QED) is 0.643. The van der Waals surface area contributed by atoms with Gasteiger partial charge >= 0.3 is 6.09 Å². The molecule has 0 saturated carbocycles. The molecule has 154 valence electrons. The summed E-state index contributed by atoms with van der Waals surface area (Å²) in [6.45, 7) is 6.38. The van der Waals surface area contributed by atoms with Crippen molar-refractivity contribution in [1.29, 1.82) is 0 Å². The minimum Gasteiger partial charge on any atom is -0.444 e. The molecule has 1 heterocycles. The van der Waals surface area contributed by atoms with Gasteiger partial charge in [0.2, 0.25) is 5.91 Å². The van der Waals surface area contributed by atoms with Gasteiger partial charge in [-0.2, -0.15) is 0 Å². The average molecular weight is 460 g/mol. The van der Waals surface area contributed by atoms with Gasteiger partial charge in [0.05, 0.1) is 11.6 Å². The molecular weight excluding hydrogens is 434 g/mol. The lowest BCUT2D eigenvalue weighted by atomic mass is 10.1. The summed E-state index contributed by atoms with van der Waals surface area (Å²) in [5.74, 6) is -0.384. The van der Waals surface area contributed by atoms with E-state index < -0.39 is 5.60 Å². The van der Waals surface area contributed by atoms with Crippen LogP contribution in [0.1, 0.15) is 27.2 Å². The van der Waals surface area contributed by atoms with Crippen molar-refractivity contribution < 1.29 is 14.3 Å². The lowest BCUT2D eigenvalue weighted by Gasteiger charge is -2.24. The van der Waals surface area contributed by atoms with Gasteiger partial charge in [0.25, 0.3) is 0 Å². The molecule has 2 N–H and O–H groups in total. The number of benzene rings is 2. The topological polar surface area (TPSA) is 70.7 Å². The van der Waals surface area contributed by atoms with Gasteiger partial charge in [0.1, 0.15) is 5.60 Å². The van der Waals surface area contributed by atoms with Gasteiger partial charge in [-0.25, -0.2) is 4.79 Å². The Morgan fingerprint density at radius 2 is 1.62 bits per heavy atom. The number of carbonyl (C=O) groups excluding carboxylic acids is 2. The number of amides is 2. The molecule has 2 aromatic rings. The van der Waals surface area contributed by atoms with Crippen molar-refractivity contribution in [2.45, 2.75) is 32.8 Å². The van der Waals surface area contributed by atoms with Gasteiger partial charge in [0.15, 0.2) is 0 Å². The van der Waals surface area contributed by atoms with Crippen LogP contribution in [-0.2, 0) is 9.53 Å². The lowest BCUT2D eigenvalue weighted by molar-refractivity contribution is -0.124. The maximum atomic E-state index is 12.4. The first-order valence-corrected chi connectivity index (χ1v) is 10.4. The minimum absolute atomic E-state index is 0.131. The minimum atomic E-state index is -0.540. The summed E-state index contributed by atoms with van der Waals surface area (Å²) in [7, 11) is 0. The molecule has 6 nitrogen and oxygen atoms in total. The van der Waals surface area contributed by atoms with E-state index in [-0.39, 0.29) is 17.9 Å². The maximum absolute atomic E-state index is 12.4. The third-order valence-electron chi connectivity index (χ3n) is 4.60. The molecule has 3 rings (SSSR count). The number of carbonyl (C=O) groups is 2. The van der Waals surface area contributed by atoms with E-state index in [0.29, 0.717) is 19.5 Å². The van der Waals surface area contributed by atoms with E-state index >= 15 is 0 Å². The van der Waals surface area contributed by atoms with Crippen molar-refractivity contribution in [3.8, 4) is 11.1 Å². The summed E-state index contributed by atoms with van der Waals surface area (Å²) in [5, 5.41) is 0. The summed E-state index contributed by atoms with van der Waals surface area (Å²) in [4.78, 5) is 26.2. The van der Waals surface area contributed by atoms with Crippen molar-refractivity contribution in [3.05, 3.63) is 53.0 Å². The molecule has 0 aliphatic carbocycles. The number of hydrogen-bond acceptors (Lipinski definition) is 4. The molecule has 1 saturated heterocycles. The summed E-state index contributed by atoms with van der Waals surface area (Å²) in [5.41, 5.74) is 8.16. The van der Waals surface area contributed by atoms with E-state index in [0.717, 1.165) is 21.3 Å². The van der Waals surface area contributed by atoms with Gasteiger partial charge in [0, 0.05) is 17.6 Å². The van der Waals surface area contributed by atoms with Crippen LogP contribution >= 0.6 is 15.9 Å². The van der Waals surface area contributed by atoms with Crippen LogP contribution in [0.3, 0.4) is 0 Å². The first-order chi connectivity index (χ1) is 13.7. The van der Waals surface area contributed by atoms with E-state index in [2.05, 4.69) is 26.8 Å². The third kappa shape index (κ3) is 5.97. The molecule has 1 unspecified atom stereocenters. The van der Waals surface area contributed by atoms with Crippen LogP contribution in [-0.4, -0.2) is 35.6 Å². The zero-order valence-corrected chi connectivity index (χ0v) is 18.5. The second kappa shape index (κ2) is 8.86. The largest absolute Gasteiger partial charge is 0.444 e. The summed E-state index contributed by atoms with van der Waals surface area (Å²) in [6.07, 6.45) is 0.249. The first-order valence-electron chi connectivity index (χ1n) is 9.61. The van der Waals surface area contributed by atoms with E-state index in [1.54, 1.807) is 4.90 Å². The average Bonchev–Trinajstić information content (AvgIpc) is 3.16. The summed E-state index contributed by atoms with van der Waals surface area (Å²) < 4.78 is 6.41. The van der Waals surface area contributed by atoms with Crippen LogP contribution in [0.25, 0.3) is 11.1 Å². The van der Waals surface area contributed by atoms with Crippen LogP contribution in [0.2, 0.25) is 0 Å². The zero-order chi connectivity index (χ0) is 21.0. The van der Waals surface area contributed by atoms with Crippen molar-refractivity contribution >= 4 is 33.6 Å². The highest BCUT2D eigenvalue weighted by molar-refractivity contribution is 9.10.